The van der Waals surface area contributed by atoms with Gasteiger partial charge in [-0.1, -0.05) is 0 Å². The molecule has 1 saturated heterocycles. The molecule has 0 bridgehead atoms. The summed E-state index contributed by atoms with van der Waals surface area (Å²) in [7, 11) is 7.86. The van der Waals surface area contributed by atoms with Crippen molar-refractivity contribution < 1.29 is 4.79 Å². The van der Waals surface area contributed by atoms with Gasteiger partial charge >= 0.3 is 0 Å². The molecule has 1 aliphatic heterocycles. The Bertz CT molecular complexity index is 315. The van der Waals surface area contributed by atoms with Crippen molar-refractivity contribution in [2.24, 2.45) is 4.99 Å². The van der Waals surface area contributed by atoms with Gasteiger partial charge in [0.05, 0.1) is 6.54 Å². The molecule has 0 radical (unpaired) electrons. The fourth-order valence-corrected chi connectivity index (χ4v) is 2.55. The SMILES string of the molecule is CC1CCCCN1C(=O)CCN=C(N(C)C)N(C)C. The smallest absolute Gasteiger partial charge is 0.224 e. The number of rotatable bonds is 3. The molecule has 1 unspecified atom stereocenters. The van der Waals surface area contributed by atoms with Gasteiger partial charge in [0, 0.05) is 47.2 Å². The van der Waals surface area contributed by atoms with Crippen LogP contribution in [0.3, 0.4) is 0 Å². The second-order valence-corrected chi connectivity index (χ2v) is 5.65. The molecule has 0 saturated carbocycles. The molecule has 0 aromatic heterocycles. The zero-order valence-corrected chi connectivity index (χ0v) is 13.0. The summed E-state index contributed by atoms with van der Waals surface area (Å²) in [6.45, 7) is 3.62. The molecule has 0 aromatic rings. The van der Waals surface area contributed by atoms with E-state index in [4.69, 9.17) is 0 Å². The summed E-state index contributed by atoms with van der Waals surface area (Å²) in [6.07, 6.45) is 4.03. The van der Waals surface area contributed by atoms with Gasteiger partial charge in [-0.2, -0.15) is 0 Å². The van der Waals surface area contributed by atoms with E-state index in [1.165, 1.54) is 6.42 Å². The average molecular weight is 268 g/mol. The first kappa shape index (κ1) is 15.8. The molecule has 1 heterocycles. The summed E-state index contributed by atoms with van der Waals surface area (Å²) in [6, 6.07) is 0.396. The Hall–Kier alpha value is -1.26. The highest BCUT2D eigenvalue weighted by Crippen LogP contribution is 2.17. The normalized spacial score (nSPS) is 19.0. The maximum absolute atomic E-state index is 12.2. The van der Waals surface area contributed by atoms with Gasteiger partial charge in [0.25, 0.3) is 0 Å². The standard InChI is InChI=1S/C14H28N4O/c1-12-8-6-7-11-18(12)13(19)9-10-15-14(16(2)3)17(4)5/h12H,6-11H2,1-5H3. The molecular formula is C14H28N4O. The summed E-state index contributed by atoms with van der Waals surface area (Å²) in [5.41, 5.74) is 0. The lowest BCUT2D eigenvalue weighted by Crippen LogP contribution is -2.42. The van der Waals surface area contributed by atoms with E-state index in [0.29, 0.717) is 19.0 Å². The molecule has 0 aromatic carbocycles. The van der Waals surface area contributed by atoms with Crippen molar-refractivity contribution in [2.45, 2.75) is 38.6 Å². The summed E-state index contributed by atoms with van der Waals surface area (Å²) in [5.74, 6) is 1.15. The van der Waals surface area contributed by atoms with Gasteiger partial charge < -0.3 is 14.7 Å². The lowest BCUT2D eigenvalue weighted by molar-refractivity contribution is -0.134. The molecule has 1 amide bonds. The second kappa shape index (κ2) is 7.36. The number of piperidine rings is 1. The van der Waals surface area contributed by atoms with Crippen LogP contribution in [0.25, 0.3) is 0 Å². The largest absolute Gasteiger partial charge is 0.349 e. The lowest BCUT2D eigenvalue weighted by Gasteiger charge is -2.33. The van der Waals surface area contributed by atoms with Gasteiger partial charge in [-0.15, -0.1) is 0 Å². The summed E-state index contributed by atoms with van der Waals surface area (Å²) in [5, 5.41) is 0. The Morgan fingerprint density at radius 3 is 2.37 bits per heavy atom. The van der Waals surface area contributed by atoms with Crippen molar-refractivity contribution in [3.63, 3.8) is 0 Å². The molecule has 0 aliphatic carbocycles. The minimum Gasteiger partial charge on any atom is -0.349 e. The van der Waals surface area contributed by atoms with Crippen molar-refractivity contribution >= 4 is 11.9 Å². The van der Waals surface area contributed by atoms with Gasteiger partial charge in [-0.05, 0) is 26.2 Å². The third-order valence-corrected chi connectivity index (χ3v) is 3.50. The Morgan fingerprint density at radius 2 is 1.84 bits per heavy atom. The Kier molecular flexibility index (Phi) is 6.12. The Morgan fingerprint density at radius 1 is 1.21 bits per heavy atom. The van der Waals surface area contributed by atoms with Crippen molar-refractivity contribution in [1.29, 1.82) is 0 Å². The molecular weight excluding hydrogens is 240 g/mol. The van der Waals surface area contributed by atoms with Crippen LogP contribution in [0.15, 0.2) is 4.99 Å². The van der Waals surface area contributed by atoms with E-state index in [-0.39, 0.29) is 5.91 Å². The maximum Gasteiger partial charge on any atom is 0.224 e. The third kappa shape index (κ3) is 4.73. The van der Waals surface area contributed by atoms with E-state index in [2.05, 4.69) is 11.9 Å². The zero-order chi connectivity index (χ0) is 14.4. The quantitative estimate of drug-likeness (QED) is 0.571. The summed E-state index contributed by atoms with van der Waals surface area (Å²) < 4.78 is 0. The van der Waals surface area contributed by atoms with Crippen LogP contribution in [0.2, 0.25) is 0 Å². The van der Waals surface area contributed by atoms with Gasteiger partial charge in [0.15, 0.2) is 5.96 Å². The number of amides is 1. The second-order valence-electron chi connectivity index (χ2n) is 5.65. The predicted molar refractivity (Wildman–Crippen MR) is 79.3 cm³/mol. The minimum absolute atomic E-state index is 0.243. The zero-order valence-electron chi connectivity index (χ0n) is 13.0. The molecule has 1 rings (SSSR count). The van der Waals surface area contributed by atoms with Crippen LogP contribution in [0.1, 0.15) is 32.6 Å². The van der Waals surface area contributed by atoms with Crippen LogP contribution in [-0.4, -0.2) is 73.9 Å². The van der Waals surface area contributed by atoms with Crippen molar-refractivity contribution in [3.05, 3.63) is 0 Å². The van der Waals surface area contributed by atoms with Crippen LogP contribution in [0.5, 0.6) is 0 Å². The van der Waals surface area contributed by atoms with E-state index in [1.54, 1.807) is 0 Å². The molecule has 0 N–H and O–H groups in total. The topological polar surface area (TPSA) is 39.2 Å². The van der Waals surface area contributed by atoms with Crippen LogP contribution in [0.4, 0.5) is 0 Å². The highest BCUT2D eigenvalue weighted by Gasteiger charge is 2.22. The van der Waals surface area contributed by atoms with E-state index in [1.807, 2.05) is 42.9 Å². The number of aliphatic imine (C=N–C) groups is 1. The van der Waals surface area contributed by atoms with E-state index >= 15 is 0 Å². The van der Waals surface area contributed by atoms with Crippen LogP contribution in [-0.2, 0) is 4.79 Å². The molecule has 1 aliphatic rings. The van der Waals surface area contributed by atoms with E-state index < -0.39 is 0 Å². The van der Waals surface area contributed by atoms with Crippen molar-refractivity contribution in [1.82, 2.24) is 14.7 Å². The lowest BCUT2D eigenvalue weighted by atomic mass is 10.0. The number of hydrogen-bond donors (Lipinski definition) is 0. The summed E-state index contributed by atoms with van der Waals surface area (Å²) in [4.78, 5) is 22.6. The molecule has 5 heteroatoms. The predicted octanol–water partition coefficient (Wildman–Crippen LogP) is 1.26. The van der Waals surface area contributed by atoms with Gasteiger partial charge in [-0.25, -0.2) is 0 Å². The minimum atomic E-state index is 0.243. The average Bonchev–Trinajstić information content (AvgIpc) is 2.33. The highest BCUT2D eigenvalue weighted by molar-refractivity contribution is 5.80. The number of guanidine groups is 1. The van der Waals surface area contributed by atoms with Crippen LogP contribution < -0.4 is 0 Å². The number of likely N-dealkylation sites (tertiary alicyclic amines) is 1. The summed E-state index contributed by atoms with van der Waals surface area (Å²) >= 11 is 0. The number of hydrogen-bond acceptors (Lipinski definition) is 2. The molecule has 1 atom stereocenters. The Labute approximate surface area is 117 Å². The first-order valence-corrected chi connectivity index (χ1v) is 7.12. The maximum atomic E-state index is 12.2. The van der Waals surface area contributed by atoms with Crippen molar-refractivity contribution in [2.75, 3.05) is 41.3 Å². The number of carbonyl (C=O) groups excluding carboxylic acids is 1. The number of carbonyl (C=O) groups is 1. The van der Waals surface area contributed by atoms with Crippen LogP contribution in [0, 0.1) is 0 Å². The van der Waals surface area contributed by atoms with Gasteiger partial charge in [0.1, 0.15) is 0 Å². The molecule has 5 nitrogen and oxygen atoms in total. The van der Waals surface area contributed by atoms with Gasteiger partial charge in [-0.3, -0.25) is 9.79 Å². The fraction of sp³-hybridized carbons (Fsp3) is 0.857. The van der Waals surface area contributed by atoms with E-state index in [0.717, 1.165) is 25.3 Å². The van der Waals surface area contributed by atoms with Gasteiger partial charge in [0.2, 0.25) is 5.91 Å². The first-order chi connectivity index (χ1) is 8.93. The molecule has 1 fully saturated rings. The first-order valence-electron chi connectivity index (χ1n) is 7.12. The van der Waals surface area contributed by atoms with Crippen LogP contribution >= 0.6 is 0 Å². The molecule has 19 heavy (non-hydrogen) atoms. The number of nitrogens with zero attached hydrogens (tertiary/aromatic N) is 4. The molecule has 110 valence electrons. The third-order valence-electron chi connectivity index (χ3n) is 3.50. The monoisotopic (exact) mass is 268 g/mol. The van der Waals surface area contributed by atoms with Crippen molar-refractivity contribution in [3.8, 4) is 0 Å². The van der Waals surface area contributed by atoms with E-state index in [9.17, 15) is 4.79 Å². The highest BCUT2D eigenvalue weighted by atomic mass is 16.2. The fourth-order valence-electron chi connectivity index (χ4n) is 2.55. The molecule has 0 spiro atoms. The Balaban J connectivity index is 2.47.